The van der Waals surface area contributed by atoms with Gasteiger partial charge >= 0.3 is 6.36 Å². The molecule has 1 N–H and O–H groups in total. The molecule has 0 radical (unpaired) electrons. The van der Waals surface area contributed by atoms with Crippen LogP contribution >= 0.6 is 11.3 Å². The number of anilines is 1. The standard InChI is InChI=1S/C14H10F3N3O2S/c15-14(16,17)22-11-4-2-1-3-10(11)19-12(21)7-9-8-20-5-6-23-13(20)18-9/h1-6,8H,7H2,(H,19,21). The summed E-state index contributed by atoms with van der Waals surface area (Å²) in [6, 6.07) is 5.37. The minimum atomic E-state index is -4.82. The van der Waals surface area contributed by atoms with Crippen molar-refractivity contribution in [1.82, 2.24) is 9.38 Å². The maximum absolute atomic E-state index is 12.3. The summed E-state index contributed by atoms with van der Waals surface area (Å²) in [5.74, 6) is -0.937. The first kappa shape index (κ1) is 15.3. The first-order valence-corrected chi connectivity index (χ1v) is 7.34. The smallest absolute Gasteiger partial charge is 0.404 e. The molecule has 0 spiro atoms. The van der Waals surface area contributed by atoms with E-state index in [4.69, 9.17) is 0 Å². The van der Waals surface area contributed by atoms with Crippen molar-refractivity contribution in [2.45, 2.75) is 12.8 Å². The second-order valence-corrected chi connectivity index (χ2v) is 5.47. The van der Waals surface area contributed by atoms with E-state index in [2.05, 4.69) is 15.0 Å². The number of thiazole rings is 1. The lowest BCUT2D eigenvalue weighted by Crippen LogP contribution is -2.20. The topological polar surface area (TPSA) is 55.6 Å². The minimum Gasteiger partial charge on any atom is -0.404 e. The van der Waals surface area contributed by atoms with E-state index in [0.717, 1.165) is 11.0 Å². The van der Waals surface area contributed by atoms with Crippen LogP contribution in [0.1, 0.15) is 5.69 Å². The van der Waals surface area contributed by atoms with Gasteiger partial charge in [-0.2, -0.15) is 0 Å². The molecular weight excluding hydrogens is 331 g/mol. The molecule has 2 aromatic heterocycles. The fourth-order valence-electron chi connectivity index (χ4n) is 2.00. The second-order valence-electron chi connectivity index (χ2n) is 4.59. The summed E-state index contributed by atoms with van der Waals surface area (Å²) in [7, 11) is 0. The number of nitrogens with one attached hydrogen (secondary N) is 1. The maximum atomic E-state index is 12.3. The zero-order valence-electron chi connectivity index (χ0n) is 11.5. The predicted molar refractivity (Wildman–Crippen MR) is 78.5 cm³/mol. The van der Waals surface area contributed by atoms with Crippen LogP contribution in [0.3, 0.4) is 0 Å². The molecule has 0 aliphatic carbocycles. The van der Waals surface area contributed by atoms with Crippen LogP contribution in [0.2, 0.25) is 0 Å². The van der Waals surface area contributed by atoms with Crippen LogP contribution in [0.4, 0.5) is 18.9 Å². The third-order valence-electron chi connectivity index (χ3n) is 2.87. The molecule has 0 aliphatic rings. The van der Waals surface area contributed by atoms with Gasteiger partial charge in [0.15, 0.2) is 10.7 Å². The van der Waals surface area contributed by atoms with E-state index < -0.39 is 18.0 Å². The molecule has 1 amide bonds. The van der Waals surface area contributed by atoms with Gasteiger partial charge in [-0.1, -0.05) is 12.1 Å². The average molecular weight is 341 g/mol. The van der Waals surface area contributed by atoms with Gasteiger partial charge in [0.1, 0.15) is 0 Å². The highest BCUT2D eigenvalue weighted by Gasteiger charge is 2.32. The quantitative estimate of drug-likeness (QED) is 0.790. The second kappa shape index (κ2) is 5.92. The Labute approximate surface area is 132 Å². The van der Waals surface area contributed by atoms with Crippen LogP contribution < -0.4 is 10.1 Å². The molecule has 23 heavy (non-hydrogen) atoms. The van der Waals surface area contributed by atoms with Gasteiger partial charge in [-0.3, -0.25) is 9.20 Å². The van der Waals surface area contributed by atoms with Crippen molar-refractivity contribution in [2.24, 2.45) is 0 Å². The van der Waals surface area contributed by atoms with Gasteiger partial charge in [0, 0.05) is 17.8 Å². The molecule has 1 aromatic carbocycles. The number of aromatic nitrogens is 2. The van der Waals surface area contributed by atoms with Crippen LogP contribution in [0.25, 0.3) is 4.96 Å². The molecular formula is C14H10F3N3O2S. The Balaban J connectivity index is 1.71. The van der Waals surface area contributed by atoms with E-state index in [-0.39, 0.29) is 12.1 Å². The fourth-order valence-corrected chi connectivity index (χ4v) is 2.72. The normalized spacial score (nSPS) is 11.6. The van der Waals surface area contributed by atoms with Gasteiger partial charge in [0.25, 0.3) is 0 Å². The molecule has 0 unspecified atom stereocenters. The monoisotopic (exact) mass is 341 g/mol. The third-order valence-corrected chi connectivity index (χ3v) is 3.64. The van der Waals surface area contributed by atoms with Crippen LogP contribution in [0.5, 0.6) is 5.75 Å². The number of rotatable bonds is 4. The number of imidazole rings is 1. The lowest BCUT2D eigenvalue weighted by Gasteiger charge is -2.13. The molecule has 120 valence electrons. The number of fused-ring (bicyclic) bond motifs is 1. The zero-order chi connectivity index (χ0) is 16.4. The molecule has 0 saturated carbocycles. The molecule has 0 atom stereocenters. The van der Waals surface area contributed by atoms with Gasteiger partial charge in [-0.15, -0.1) is 24.5 Å². The Morgan fingerprint density at radius 1 is 1.35 bits per heavy atom. The van der Waals surface area contributed by atoms with Crippen molar-refractivity contribution >= 4 is 27.9 Å². The van der Waals surface area contributed by atoms with Gasteiger partial charge in [-0.05, 0) is 12.1 Å². The molecule has 0 fully saturated rings. The number of halogens is 3. The summed E-state index contributed by atoms with van der Waals surface area (Å²) >= 11 is 1.42. The van der Waals surface area contributed by atoms with Crippen molar-refractivity contribution in [1.29, 1.82) is 0 Å². The van der Waals surface area contributed by atoms with E-state index in [1.807, 2.05) is 5.38 Å². The van der Waals surface area contributed by atoms with Gasteiger partial charge in [0.2, 0.25) is 5.91 Å². The van der Waals surface area contributed by atoms with Crippen LogP contribution in [0.15, 0.2) is 42.0 Å². The number of carbonyl (C=O) groups excluding carboxylic acids is 1. The van der Waals surface area contributed by atoms with Crippen LogP contribution in [-0.2, 0) is 11.2 Å². The summed E-state index contributed by atoms with van der Waals surface area (Å²) in [5.41, 5.74) is 0.486. The van der Waals surface area contributed by atoms with E-state index >= 15 is 0 Å². The van der Waals surface area contributed by atoms with Gasteiger partial charge < -0.3 is 10.1 Å². The third kappa shape index (κ3) is 3.81. The van der Waals surface area contributed by atoms with Crippen molar-refractivity contribution in [3.8, 4) is 5.75 Å². The largest absolute Gasteiger partial charge is 0.573 e. The number of benzene rings is 1. The minimum absolute atomic E-state index is 0.0455. The van der Waals surface area contributed by atoms with Gasteiger partial charge in [-0.25, -0.2) is 4.98 Å². The van der Waals surface area contributed by atoms with E-state index in [9.17, 15) is 18.0 Å². The first-order chi connectivity index (χ1) is 10.9. The summed E-state index contributed by atoms with van der Waals surface area (Å²) in [6.07, 6.45) is -1.37. The van der Waals surface area contributed by atoms with Crippen LogP contribution in [0, 0.1) is 0 Å². The summed E-state index contributed by atoms with van der Waals surface area (Å²) < 4.78 is 42.7. The predicted octanol–water partition coefficient (Wildman–Crippen LogP) is 3.48. The Hall–Kier alpha value is -2.55. The molecule has 0 bridgehead atoms. The van der Waals surface area contributed by atoms with E-state index in [1.54, 1.807) is 16.8 Å². The average Bonchev–Trinajstić information content (AvgIpc) is 3.00. The first-order valence-electron chi connectivity index (χ1n) is 6.46. The SMILES string of the molecule is O=C(Cc1cn2ccsc2n1)Nc1ccccc1OC(F)(F)F. The number of hydrogen-bond donors (Lipinski definition) is 1. The highest BCUT2D eigenvalue weighted by molar-refractivity contribution is 7.15. The summed E-state index contributed by atoms with van der Waals surface area (Å²) in [4.78, 5) is 17.0. The molecule has 3 rings (SSSR count). The van der Waals surface area contributed by atoms with E-state index in [0.29, 0.717) is 5.69 Å². The Bertz CT molecular complexity index is 813. The molecule has 0 saturated heterocycles. The lowest BCUT2D eigenvalue weighted by atomic mass is 10.2. The van der Waals surface area contributed by atoms with Crippen molar-refractivity contribution in [3.63, 3.8) is 0 Å². The fraction of sp³-hybridized carbons (Fsp3) is 0.143. The number of nitrogens with zero attached hydrogens (tertiary/aromatic N) is 2. The number of ether oxygens (including phenoxy) is 1. The summed E-state index contributed by atoms with van der Waals surface area (Å²) in [6.45, 7) is 0. The number of alkyl halides is 3. The number of amides is 1. The Morgan fingerprint density at radius 2 is 2.13 bits per heavy atom. The van der Waals surface area contributed by atoms with Crippen LogP contribution in [-0.4, -0.2) is 21.7 Å². The van der Waals surface area contributed by atoms with E-state index in [1.165, 1.54) is 29.5 Å². The molecule has 5 nitrogen and oxygen atoms in total. The molecule has 0 aliphatic heterocycles. The molecule has 2 heterocycles. The van der Waals surface area contributed by atoms with Gasteiger partial charge in [0.05, 0.1) is 17.8 Å². The molecule has 3 aromatic rings. The Kier molecular flexibility index (Phi) is 3.95. The number of hydrogen-bond acceptors (Lipinski definition) is 4. The van der Waals surface area contributed by atoms with Crippen molar-refractivity contribution in [2.75, 3.05) is 5.32 Å². The highest BCUT2D eigenvalue weighted by atomic mass is 32.1. The number of carbonyl (C=O) groups is 1. The van der Waals surface area contributed by atoms with Crippen molar-refractivity contribution in [3.05, 3.63) is 47.7 Å². The zero-order valence-corrected chi connectivity index (χ0v) is 12.3. The lowest BCUT2D eigenvalue weighted by molar-refractivity contribution is -0.274. The highest BCUT2D eigenvalue weighted by Crippen LogP contribution is 2.30. The summed E-state index contributed by atoms with van der Waals surface area (Å²) in [5, 5.41) is 4.27. The number of para-hydroxylation sites is 2. The van der Waals surface area contributed by atoms with Crippen molar-refractivity contribution < 1.29 is 22.7 Å². The molecule has 9 heteroatoms. The Morgan fingerprint density at radius 3 is 2.87 bits per heavy atom. The maximum Gasteiger partial charge on any atom is 0.573 e.